The second kappa shape index (κ2) is 5.01. The topological polar surface area (TPSA) is 12.9 Å². The Morgan fingerprint density at radius 2 is 1.82 bits per heavy atom. The lowest BCUT2D eigenvalue weighted by Crippen LogP contribution is -2.07. The van der Waals surface area contributed by atoms with Crippen LogP contribution in [0.3, 0.4) is 0 Å². The molecule has 0 unspecified atom stereocenters. The molecule has 0 aliphatic heterocycles. The normalized spacial score (nSPS) is 11.7. The molecule has 0 saturated carbocycles. The highest BCUT2D eigenvalue weighted by molar-refractivity contribution is 7.11. The lowest BCUT2D eigenvalue weighted by molar-refractivity contribution is 0.414. The van der Waals surface area contributed by atoms with Crippen molar-refractivity contribution >= 4 is 11.3 Å². The van der Waals surface area contributed by atoms with Gasteiger partial charge in [-0.2, -0.15) is 0 Å². The maximum absolute atomic E-state index is 4.51. The highest BCUT2D eigenvalue weighted by Crippen LogP contribution is 2.25. The zero-order valence-corrected chi connectivity index (χ0v) is 11.6. The van der Waals surface area contributed by atoms with Gasteiger partial charge < -0.3 is 0 Å². The van der Waals surface area contributed by atoms with E-state index in [1.807, 2.05) is 17.5 Å². The molecule has 0 N–H and O–H groups in total. The summed E-state index contributed by atoms with van der Waals surface area (Å²) >= 11 is 1.84. The lowest BCUT2D eigenvalue weighted by Gasteiger charge is -2.15. The number of nitrogens with zero attached hydrogens (tertiary/aromatic N) is 1. The second-order valence-corrected chi connectivity index (χ2v) is 6.82. The molecule has 0 radical (unpaired) electrons. The summed E-state index contributed by atoms with van der Waals surface area (Å²) in [5, 5.41) is 1.22. The van der Waals surface area contributed by atoms with E-state index in [9.17, 15) is 0 Å². The molecule has 17 heavy (non-hydrogen) atoms. The van der Waals surface area contributed by atoms with Gasteiger partial charge in [0.2, 0.25) is 0 Å². The Morgan fingerprint density at radius 1 is 1.12 bits per heavy atom. The van der Waals surface area contributed by atoms with Crippen LogP contribution in [-0.4, -0.2) is 4.98 Å². The van der Waals surface area contributed by atoms with E-state index in [2.05, 4.69) is 56.1 Å². The Labute approximate surface area is 108 Å². The largest absolute Gasteiger partial charge is 0.249 e. The summed E-state index contributed by atoms with van der Waals surface area (Å²) in [4.78, 5) is 5.91. The van der Waals surface area contributed by atoms with Gasteiger partial charge in [-0.05, 0) is 17.4 Å². The number of thiazole rings is 1. The predicted molar refractivity (Wildman–Crippen MR) is 74.5 cm³/mol. The number of rotatable bonds is 3. The Hall–Kier alpha value is -1.15. The Bertz CT molecular complexity index is 465. The summed E-state index contributed by atoms with van der Waals surface area (Å²) in [6.07, 6.45) is 4.10. The van der Waals surface area contributed by atoms with Crippen molar-refractivity contribution in [3.63, 3.8) is 0 Å². The standard InChI is InChI=1S/C15H19NS/c1-15(2,3)10-13-11-16-14(17-13)9-12-7-5-4-6-8-12/h4-8,11H,9-10H2,1-3H3. The molecular formula is C15H19NS. The molecule has 2 rings (SSSR count). The third-order valence-corrected chi connectivity index (χ3v) is 3.50. The maximum atomic E-state index is 4.51. The van der Waals surface area contributed by atoms with Crippen LogP contribution in [-0.2, 0) is 12.8 Å². The third-order valence-electron chi connectivity index (χ3n) is 2.50. The van der Waals surface area contributed by atoms with Crippen molar-refractivity contribution in [3.05, 3.63) is 52.0 Å². The second-order valence-electron chi connectivity index (χ2n) is 5.62. The highest BCUT2D eigenvalue weighted by Gasteiger charge is 2.13. The molecule has 1 nitrogen and oxygen atoms in total. The van der Waals surface area contributed by atoms with Crippen molar-refractivity contribution in [2.24, 2.45) is 5.41 Å². The van der Waals surface area contributed by atoms with Gasteiger partial charge in [0.25, 0.3) is 0 Å². The van der Waals surface area contributed by atoms with Crippen LogP contribution in [0.25, 0.3) is 0 Å². The molecule has 90 valence electrons. The molecule has 2 heteroatoms. The number of hydrogen-bond donors (Lipinski definition) is 0. The molecule has 2 aromatic rings. The molecular weight excluding hydrogens is 226 g/mol. The van der Waals surface area contributed by atoms with Crippen LogP contribution in [0.4, 0.5) is 0 Å². The van der Waals surface area contributed by atoms with Crippen molar-refractivity contribution < 1.29 is 0 Å². The monoisotopic (exact) mass is 245 g/mol. The van der Waals surface area contributed by atoms with Crippen molar-refractivity contribution in [3.8, 4) is 0 Å². The maximum Gasteiger partial charge on any atom is 0.0971 e. The van der Waals surface area contributed by atoms with E-state index >= 15 is 0 Å². The minimum atomic E-state index is 0.344. The zero-order chi connectivity index (χ0) is 12.3. The molecule has 0 atom stereocenters. The quantitative estimate of drug-likeness (QED) is 0.784. The number of aromatic nitrogens is 1. The molecule has 0 aliphatic carbocycles. The fourth-order valence-electron chi connectivity index (χ4n) is 1.80. The molecule has 0 bridgehead atoms. The van der Waals surface area contributed by atoms with Crippen LogP contribution >= 0.6 is 11.3 Å². The molecule has 1 aromatic heterocycles. The Balaban J connectivity index is 2.04. The van der Waals surface area contributed by atoms with Crippen molar-refractivity contribution in [1.82, 2.24) is 4.98 Å². The summed E-state index contributed by atoms with van der Waals surface area (Å²) < 4.78 is 0. The first-order valence-electron chi connectivity index (χ1n) is 6.00. The van der Waals surface area contributed by atoms with Crippen LogP contribution in [0.2, 0.25) is 0 Å². The van der Waals surface area contributed by atoms with E-state index in [-0.39, 0.29) is 0 Å². The number of hydrogen-bond acceptors (Lipinski definition) is 2. The molecule has 0 spiro atoms. The van der Waals surface area contributed by atoms with Crippen LogP contribution in [0.5, 0.6) is 0 Å². The van der Waals surface area contributed by atoms with E-state index in [0.717, 1.165) is 12.8 Å². The van der Waals surface area contributed by atoms with Crippen LogP contribution in [0.1, 0.15) is 36.2 Å². The Morgan fingerprint density at radius 3 is 2.47 bits per heavy atom. The van der Waals surface area contributed by atoms with E-state index in [0.29, 0.717) is 5.41 Å². The highest BCUT2D eigenvalue weighted by atomic mass is 32.1. The fraction of sp³-hybridized carbons (Fsp3) is 0.400. The predicted octanol–water partition coefficient (Wildman–Crippen LogP) is 4.32. The molecule has 0 fully saturated rings. The molecule has 0 aliphatic rings. The van der Waals surface area contributed by atoms with E-state index in [1.54, 1.807) is 0 Å². The van der Waals surface area contributed by atoms with Crippen LogP contribution < -0.4 is 0 Å². The first-order chi connectivity index (χ1) is 8.03. The minimum absolute atomic E-state index is 0.344. The molecule has 0 amide bonds. The van der Waals surface area contributed by atoms with E-state index in [1.165, 1.54) is 15.4 Å². The van der Waals surface area contributed by atoms with Crippen molar-refractivity contribution in [1.29, 1.82) is 0 Å². The van der Waals surface area contributed by atoms with E-state index < -0.39 is 0 Å². The third kappa shape index (κ3) is 3.97. The zero-order valence-electron chi connectivity index (χ0n) is 10.7. The van der Waals surface area contributed by atoms with Gasteiger partial charge in [0.15, 0.2) is 0 Å². The average molecular weight is 245 g/mol. The van der Waals surface area contributed by atoms with Crippen molar-refractivity contribution in [2.45, 2.75) is 33.6 Å². The first-order valence-corrected chi connectivity index (χ1v) is 6.82. The summed E-state index contributed by atoms with van der Waals surface area (Å²) in [6, 6.07) is 10.5. The minimum Gasteiger partial charge on any atom is -0.249 e. The summed E-state index contributed by atoms with van der Waals surface area (Å²) in [5.74, 6) is 0. The smallest absolute Gasteiger partial charge is 0.0971 e. The van der Waals surface area contributed by atoms with Gasteiger partial charge in [-0.3, -0.25) is 0 Å². The summed E-state index contributed by atoms with van der Waals surface area (Å²) in [6.45, 7) is 6.80. The van der Waals surface area contributed by atoms with Gasteiger partial charge in [0.1, 0.15) is 0 Å². The SMILES string of the molecule is CC(C)(C)Cc1cnc(Cc2ccccc2)s1. The molecule has 1 aromatic carbocycles. The van der Waals surface area contributed by atoms with Gasteiger partial charge >= 0.3 is 0 Å². The molecule has 1 heterocycles. The van der Waals surface area contributed by atoms with Gasteiger partial charge in [0.05, 0.1) is 5.01 Å². The van der Waals surface area contributed by atoms with Crippen LogP contribution in [0.15, 0.2) is 36.5 Å². The average Bonchev–Trinajstić information content (AvgIpc) is 2.64. The fourth-order valence-corrected chi connectivity index (χ4v) is 3.06. The van der Waals surface area contributed by atoms with Gasteiger partial charge in [-0.1, -0.05) is 51.1 Å². The van der Waals surface area contributed by atoms with Crippen molar-refractivity contribution in [2.75, 3.05) is 0 Å². The summed E-state index contributed by atoms with van der Waals surface area (Å²) in [7, 11) is 0. The van der Waals surface area contributed by atoms with Crippen LogP contribution in [0, 0.1) is 5.41 Å². The van der Waals surface area contributed by atoms with Gasteiger partial charge in [0, 0.05) is 17.5 Å². The van der Waals surface area contributed by atoms with E-state index in [4.69, 9.17) is 0 Å². The van der Waals surface area contributed by atoms with Gasteiger partial charge in [-0.25, -0.2) is 4.98 Å². The Kier molecular flexibility index (Phi) is 3.63. The molecule has 0 saturated heterocycles. The lowest BCUT2D eigenvalue weighted by atomic mass is 9.92. The van der Waals surface area contributed by atoms with Gasteiger partial charge in [-0.15, -0.1) is 11.3 Å². The first kappa shape index (κ1) is 12.3. The summed E-state index contributed by atoms with van der Waals surface area (Å²) in [5.41, 5.74) is 1.68. The number of benzene rings is 1.